The fourth-order valence-corrected chi connectivity index (χ4v) is 8.06. The first kappa shape index (κ1) is 40.7. The number of aromatic nitrogens is 2. The summed E-state index contributed by atoms with van der Waals surface area (Å²) in [7, 11) is -3.71. The molecule has 0 saturated heterocycles. The maximum absolute atomic E-state index is 13.6. The molecule has 290 valence electrons. The molecule has 3 N–H and O–H groups in total. The van der Waals surface area contributed by atoms with Crippen molar-refractivity contribution in [1.29, 1.82) is 0 Å². The van der Waals surface area contributed by atoms with Crippen LogP contribution >= 0.6 is 0 Å². The Morgan fingerprint density at radius 1 is 0.759 bits per heavy atom. The molecular formula is C39H46F3N5O5S2. The minimum Gasteiger partial charge on any atom is -0.494 e. The zero-order valence-corrected chi connectivity index (χ0v) is 32.0. The minimum atomic E-state index is -4.68. The molecule has 0 saturated carbocycles. The van der Waals surface area contributed by atoms with Crippen molar-refractivity contribution in [3.05, 3.63) is 96.7 Å². The van der Waals surface area contributed by atoms with E-state index in [0.29, 0.717) is 34.7 Å². The second kappa shape index (κ2) is 17.8. The third-order valence-corrected chi connectivity index (χ3v) is 11.5. The number of primary sulfonamides is 1. The molecule has 0 fully saturated rings. The molecule has 1 aromatic heterocycles. The van der Waals surface area contributed by atoms with Gasteiger partial charge in [-0.1, -0.05) is 69.2 Å². The average Bonchev–Trinajstić information content (AvgIpc) is 3.59. The quantitative estimate of drug-likeness (QED) is 0.0805. The molecule has 0 aliphatic carbocycles. The summed E-state index contributed by atoms with van der Waals surface area (Å²) in [6.45, 7) is 0.912. The zero-order valence-electron chi connectivity index (χ0n) is 30.3. The number of sulfonamides is 2. The van der Waals surface area contributed by atoms with Crippen molar-refractivity contribution in [2.45, 2.75) is 73.8 Å². The van der Waals surface area contributed by atoms with Crippen molar-refractivity contribution >= 4 is 36.5 Å². The van der Waals surface area contributed by atoms with Crippen LogP contribution in [0, 0.1) is 0 Å². The van der Waals surface area contributed by atoms with Gasteiger partial charge in [-0.15, -0.1) is 0 Å². The molecule has 5 rings (SSSR count). The Bertz CT molecular complexity index is 2220. The number of rotatable bonds is 19. The van der Waals surface area contributed by atoms with Crippen molar-refractivity contribution in [3.63, 3.8) is 0 Å². The number of fused-ring (bicyclic) bond motifs is 1. The van der Waals surface area contributed by atoms with Gasteiger partial charge in [0, 0.05) is 42.7 Å². The second-order valence-corrected chi connectivity index (χ2v) is 16.6. The molecule has 0 radical (unpaired) electrons. The lowest BCUT2D eigenvalue weighted by Gasteiger charge is -2.17. The van der Waals surface area contributed by atoms with Crippen LogP contribution in [-0.4, -0.2) is 53.9 Å². The first-order valence-corrected chi connectivity index (χ1v) is 20.9. The molecule has 10 nitrogen and oxygen atoms in total. The van der Waals surface area contributed by atoms with Crippen LogP contribution in [0.15, 0.2) is 101 Å². The van der Waals surface area contributed by atoms with Gasteiger partial charge in [0.2, 0.25) is 20.0 Å². The number of alkyl halides is 3. The molecule has 0 aliphatic rings. The topological polar surface area (TPSA) is 137 Å². The Morgan fingerprint density at radius 2 is 1.35 bits per heavy atom. The molecule has 54 heavy (non-hydrogen) atoms. The van der Waals surface area contributed by atoms with Gasteiger partial charge in [-0.25, -0.2) is 31.4 Å². The molecule has 0 unspecified atom stereocenters. The summed E-state index contributed by atoms with van der Waals surface area (Å²) in [5.41, 5.74) is 0.786. The number of nitrogens with zero attached hydrogens (tertiary/aromatic N) is 3. The number of benzene rings is 4. The number of hydrogen-bond donors (Lipinski definition) is 2. The summed E-state index contributed by atoms with van der Waals surface area (Å²) in [4.78, 5) is 2.11. The summed E-state index contributed by atoms with van der Waals surface area (Å²) in [6.07, 6.45) is 4.37. The van der Waals surface area contributed by atoms with Crippen LogP contribution in [-0.2, 0) is 26.2 Å². The van der Waals surface area contributed by atoms with Crippen molar-refractivity contribution in [2.75, 3.05) is 32.1 Å². The van der Waals surface area contributed by atoms with Crippen molar-refractivity contribution < 1.29 is 34.7 Å². The number of halogens is 3. The minimum absolute atomic E-state index is 0.164. The third kappa shape index (κ3) is 10.6. The summed E-state index contributed by atoms with van der Waals surface area (Å²) in [6, 6.07) is 23.8. The van der Waals surface area contributed by atoms with Gasteiger partial charge in [-0.05, 0) is 79.6 Å². The standard InChI is InChI=1S/C39H46F3N5O5S2/c1-46(2)35-16-12-15-34-33(35)14-13-17-37(34)54(50,51)44-26-10-8-6-4-3-5-7-9-11-27-52-31-22-18-29(19-23-31)36-28-38(39(40,41)42)45-47(36)30-20-24-32(25-21-30)53(43,48)49/h12-25,28,44H,3-11,26-27H2,1-2H3,(H2,43,48,49). The van der Waals surface area contributed by atoms with Crippen LogP contribution in [0.5, 0.6) is 5.75 Å². The molecule has 1 heterocycles. The van der Waals surface area contributed by atoms with Crippen LogP contribution in [0.25, 0.3) is 27.7 Å². The number of anilines is 1. The largest absolute Gasteiger partial charge is 0.494 e. The van der Waals surface area contributed by atoms with E-state index in [9.17, 15) is 30.0 Å². The van der Waals surface area contributed by atoms with Crippen LogP contribution in [0.2, 0.25) is 0 Å². The smallest absolute Gasteiger partial charge is 0.435 e. The highest BCUT2D eigenvalue weighted by Crippen LogP contribution is 2.34. The van der Waals surface area contributed by atoms with Gasteiger partial charge in [-0.2, -0.15) is 18.3 Å². The maximum atomic E-state index is 13.6. The Kier molecular flexibility index (Phi) is 13.4. The van der Waals surface area contributed by atoms with E-state index in [1.54, 1.807) is 36.4 Å². The lowest BCUT2D eigenvalue weighted by Crippen LogP contribution is -2.25. The number of nitrogens with two attached hydrogens (primary N) is 1. The number of unbranched alkanes of at least 4 members (excludes halogenated alkanes) is 8. The van der Waals surface area contributed by atoms with E-state index in [0.717, 1.165) is 79.6 Å². The second-order valence-electron chi connectivity index (χ2n) is 13.3. The molecule has 0 atom stereocenters. The van der Waals surface area contributed by atoms with E-state index in [1.165, 1.54) is 24.3 Å². The van der Waals surface area contributed by atoms with Gasteiger partial charge in [0.25, 0.3) is 0 Å². The van der Waals surface area contributed by atoms with E-state index >= 15 is 0 Å². The highest BCUT2D eigenvalue weighted by molar-refractivity contribution is 7.89. The Labute approximate surface area is 315 Å². The molecule has 5 aromatic rings. The SMILES string of the molecule is CN(C)c1cccc2c(S(=O)(=O)NCCCCCCCCCCCOc3ccc(-c4cc(C(F)(F)F)nn4-c4ccc(S(N)(=O)=O)cc4)cc3)cccc12. The molecule has 4 aromatic carbocycles. The fraction of sp³-hybridized carbons (Fsp3) is 0.359. The van der Waals surface area contributed by atoms with Crippen molar-refractivity contribution in [2.24, 2.45) is 5.14 Å². The fourth-order valence-electron chi connectivity index (χ4n) is 6.25. The zero-order chi connectivity index (χ0) is 38.9. The number of hydrogen-bond acceptors (Lipinski definition) is 7. The van der Waals surface area contributed by atoms with Gasteiger partial charge in [0.1, 0.15) is 5.75 Å². The van der Waals surface area contributed by atoms with E-state index in [1.807, 2.05) is 43.3 Å². The predicted octanol–water partition coefficient (Wildman–Crippen LogP) is 8.29. The van der Waals surface area contributed by atoms with Crippen molar-refractivity contribution in [3.8, 4) is 22.7 Å². The Balaban J connectivity index is 0.980. The Hall–Kier alpha value is -4.44. The van der Waals surface area contributed by atoms with Crippen LogP contribution in [0.3, 0.4) is 0 Å². The van der Waals surface area contributed by atoms with Crippen LogP contribution in [0.4, 0.5) is 18.9 Å². The first-order valence-electron chi connectivity index (χ1n) is 17.9. The molecular weight excluding hydrogens is 740 g/mol. The van der Waals surface area contributed by atoms with Gasteiger partial charge in [0.05, 0.1) is 27.8 Å². The van der Waals surface area contributed by atoms with Crippen LogP contribution < -0.4 is 19.5 Å². The first-order chi connectivity index (χ1) is 25.6. The van der Waals surface area contributed by atoms with E-state index in [-0.39, 0.29) is 16.3 Å². The van der Waals surface area contributed by atoms with Gasteiger partial charge in [0.15, 0.2) is 5.69 Å². The highest BCUT2D eigenvalue weighted by atomic mass is 32.2. The van der Waals surface area contributed by atoms with E-state index < -0.39 is 31.9 Å². The Morgan fingerprint density at radius 3 is 1.96 bits per heavy atom. The summed E-state index contributed by atoms with van der Waals surface area (Å²) >= 11 is 0. The molecule has 0 spiro atoms. The third-order valence-electron chi connectivity index (χ3n) is 9.07. The summed E-state index contributed by atoms with van der Waals surface area (Å²) in [5, 5.41) is 10.5. The summed E-state index contributed by atoms with van der Waals surface area (Å²) < 4.78 is 99.9. The van der Waals surface area contributed by atoms with Gasteiger partial charge in [-0.3, -0.25) is 0 Å². The van der Waals surface area contributed by atoms with E-state index in [2.05, 4.69) is 9.82 Å². The highest BCUT2D eigenvalue weighted by Gasteiger charge is 2.35. The number of nitrogens with one attached hydrogen (secondary N) is 1. The normalized spacial score (nSPS) is 12.3. The molecule has 0 bridgehead atoms. The monoisotopic (exact) mass is 785 g/mol. The van der Waals surface area contributed by atoms with Gasteiger partial charge < -0.3 is 9.64 Å². The number of ether oxygens (including phenoxy) is 1. The van der Waals surface area contributed by atoms with E-state index in [4.69, 9.17) is 9.88 Å². The molecule has 0 aliphatic heterocycles. The summed E-state index contributed by atoms with van der Waals surface area (Å²) in [5.74, 6) is 0.594. The predicted molar refractivity (Wildman–Crippen MR) is 206 cm³/mol. The van der Waals surface area contributed by atoms with Crippen molar-refractivity contribution in [1.82, 2.24) is 14.5 Å². The lowest BCUT2D eigenvalue weighted by atomic mass is 10.1. The lowest BCUT2D eigenvalue weighted by molar-refractivity contribution is -0.141. The molecule has 15 heteroatoms. The maximum Gasteiger partial charge on any atom is 0.435 e. The molecule has 0 amide bonds. The van der Waals surface area contributed by atoms with Crippen LogP contribution in [0.1, 0.15) is 63.5 Å². The average molecular weight is 786 g/mol. The van der Waals surface area contributed by atoms with Gasteiger partial charge >= 0.3 is 6.18 Å².